The van der Waals surface area contributed by atoms with Crippen molar-refractivity contribution in [3.63, 3.8) is 0 Å². The second-order valence-corrected chi connectivity index (χ2v) is 13.9. The number of hydrogen-bond acceptors (Lipinski definition) is 3. The van der Waals surface area contributed by atoms with Gasteiger partial charge in [0.25, 0.3) is 0 Å². The van der Waals surface area contributed by atoms with Crippen molar-refractivity contribution >= 4 is 30.3 Å². The van der Waals surface area contributed by atoms with Crippen LogP contribution in [-0.4, -0.2) is 39.6 Å². The molecule has 0 bridgehead atoms. The van der Waals surface area contributed by atoms with Crippen molar-refractivity contribution in [2.45, 2.75) is 52.8 Å². The molecule has 0 saturated heterocycles. The normalized spacial score (nSPS) is 11.6. The van der Waals surface area contributed by atoms with E-state index in [-0.39, 0.29) is 0 Å². The summed E-state index contributed by atoms with van der Waals surface area (Å²) in [5, 5.41) is 9.76. The van der Waals surface area contributed by atoms with Crippen LogP contribution in [0.4, 0.5) is 0 Å². The highest BCUT2D eigenvalue weighted by molar-refractivity contribution is 6.79. The van der Waals surface area contributed by atoms with Crippen LogP contribution in [0.15, 0.2) is 49.1 Å². The molecule has 4 aromatic rings. The van der Waals surface area contributed by atoms with Gasteiger partial charge >= 0.3 is 0 Å². The molecule has 4 heterocycles. The standard InChI is InChI=1S/C14H22N2Si.C8H8N2.CH4O/c1-11-9-12-7-8-16(13(12)15-10-11)17(5,6)14(2,3)4;1-6-4-7-2-3-9-8(7)10-5-6;1-2/h7-10H,1-6H3;2-5H,1H3,(H,9,10);2H,1H3. The first-order valence-corrected chi connectivity index (χ1v) is 12.8. The summed E-state index contributed by atoms with van der Waals surface area (Å²) < 4.78 is 2.43. The van der Waals surface area contributed by atoms with Gasteiger partial charge in [0, 0.05) is 36.5 Å². The molecule has 0 aliphatic carbocycles. The average molecular weight is 411 g/mol. The van der Waals surface area contributed by atoms with Gasteiger partial charge in [0.15, 0.2) is 8.24 Å². The van der Waals surface area contributed by atoms with Gasteiger partial charge in [0.2, 0.25) is 0 Å². The first-order chi connectivity index (χ1) is 13.6. The number of aryl methyl sites for hydroxylation is 2. The molecule has 0 aliphatic heterocycles. The number of aromatic nitrogens is 4. The number of aliphatic hydroxyl groups is 1. The first-order valence-electron chi connectivity index (χ1n) is 9.88. The van der Waals surface area contributed by atoms with E-state index in [4.69, 9.17) is 5.11 Å². The minimum atomic E-state index is -1.56. The Kier molecular flexibility index (Phi) is 7.03. The number of aliphatic hydroxyl groups excluding tert-OH is 1. The Balaban J connectivity index is 0.000000212. The highest BCUT2D eigenvalue weighted by Gasteiger charge is 2.38. The Morgan fingerprint density at radius 1 is 0.931 bits per heavy atom. The van der Waals surface area contributed by atoms with Crippen molar-refractivity contribution in [2.75, 3.05) is 7.11 Å². The number of hydrogen-bond donors (Lipinski definition) is 2. The second-order valence-electron chi connectivity index (χ2n) is 8.85. The number of nitrogens with zero attached hydrogens (tertiary/aromatic N) is 3. The first kappa shape index (κ1) is 22.8. The summed E-state index contributed by atoms with van der Waals surface area (Å²) in [6.07, 6.45) is 7.94. The van der Waals surface area contributed by atoms with Gasteiger partial charge in [-0.15, -0.1) is 0 Å². The molecule has 4 rings (SSSR count). The predicted octanol–water partition coefficient (Wildman–Crippen LogP) is 5.68. The molecule has 0 unspecified atom stereocenters. The van der Waals surface area contributed by atoms with Crippen LogP contribution >= 0.6 is 0 Å². The van der Waals surface area contributed by atoms with E-state index in [0.717, 1.165) is 18.4 Å². The number of nitrogens with one attached hydrogen (secondary N) is 1. The molecule has 156 valence electrons. The lowest BCUT2D eigenvalue weighted by atomic mass is 10.2. The van der Waals surface area contributed by atoms with Crippen LogP contribution in [0.2, 0.25) is 18.1 Å². The van der Waals surface area contributed by atoms with Gasteiger partial charge in [-0.25, -0.2) is 9.97 Å². The van der Waals surface area contributed by atoms with Crippen LogP contribution in [0.3, 0.4) is 0 Å². The highest BCUT2D eigenvalue weighted by Crippen LogP contribution is 2.38. The molecule has 0 atom stereocenters. The third-order valence-electron chi connectivity index (χ3n) is 5.64. The molecule has 6 heteroatoms. The minimum Gasteiger partial charge on any atom is -0.400 e. The summed E-state index contributed by atoms with van der Waals surface area (Å²) >= 11 is 0. The molecule has 29 heavy (non-hydrogen) atoms. The summed E-state index contributed by atoms with van der Waals surface area (Å²) in [5.41, 5.74) is 4.53. The maximum Gasteiger partial charge on any atom is 0.163 e. The van der Waals surface area contributed by atoms with E-state index in [2.05, 4.69) is 84.4 Å². The molecule has 2 N–H and O–H groups in total. The van der Waals surface area contributed by atoms with Gasteiger partial charge in [-0.05, 0) is 60.5 Å². The van der Waals surface area contributed by atoms with E-state index in [9.17, 15) is 0 Å². The Morgan fingerprint density at radius 2 is 1.52 bits per heavy atom. The lowest BCUT2D eigenvalue weighted by Gasteiger charge is -2.38. The zero-order valence-electron chi connectivity index (χ0n) is 18.9. The number of aromatic amines is 1. The van der Waals surface area contributed by atoms with E-state index >= 15 is 0 Å². The summed E-state index contributed by atoms with van der Waals surface area (Å²) in [6, 6.07) is 8.54. The van der Waals surface area contributed by atoms with Crippen LogP contribution in [0.5, 0.6) is 0 Å². The number of rotatable bonds is 1. The van der Waals surface area contributed by atoms with Crippen molar-refractivity contribution in [1.82, 2.24) is 19.2 Å². The molecular formula is C23H34N4OSi. The fraction of sp³-hybridized carbons (Fsp3) is 0.391. The Morgan fingerprint density at radius 3 is 2.14 bits per heavy atom. The van der Waals surface area contributed by atoms with E-state index in [0.29, 0.717) is 5.04 Å². The van der Waals surface area contributed by atoms with Gasteiger partial charge in [-0.2, -0.15) is 0 Å². The molecule has 0 spiro atoms. The second kappa shape index (κ2) is 8.92. The quantitative estimate of drug-likeness (QED) is 0.397. The van der Waals surface area contributed by atoms with Crippen LogP contribution in [0.25, 0.3) is 22.1 Å². The summed E-state index contributed by atoms with van der Waals surface area (Å²) in [7, 11) is -0.556. The van der Waals surface area contributed by atoms with Crippen LogP contribution in [-0.2, 0) is 0 Å². The molecule has 0 aromatic carbocycles. The maximum absolute atomic E-state index is 7.00. The third-order valence-corrected chi connectivity index (χ3v) is 10.9. The van der Waals surface area contributed by atoms with E-state index < -0.39 is 8.24 Å². The smallest absolute Gasteiger partial charge is 0.163 e. The van der Waals surface area contributed by atoms with Crippen molar-refractivity contribution in [2.24, 2.45) is 0 Å². The predicted molar refractivity (Wildman–Crippen MR) is 126 cm³/mol. The molecule has 0 amide bonds. The lowest BCUT2D eigenvalue weighted by molar-refractivity contribution is 0.399. The zero-order valence-corrected chi connectivity index (χ0v) is 19.9. The number of fused-ring (bicyclic) bond motifs is 2. The van der Waals surface area contributed by atoms with Gasteiger partial charge < -0.3 is 14.3 Å². The average Bonchev–Trinajstić information content (AvgIpc) is 3.29. The fourth-order valence-corrected chi connectivity index (χ4v) is 4.88. The third kappa shape index (κ3) is 4.94. The van der Waals surface area contributed by atoms with Gasteiger partial charge in [-0.3, -0.25) is 0 Å². The Hall–Kier alpha value is -2.44. The van der Waals surface area contributed by atoms with E-state index in [1.165, 1.54) is 21.9 Å². The molecule has 0 fully saturated rings. The highest BCUT2D eigenvalue weighted by atomic mass is 28.3. The van der Waals surface area contributed by atoms with Gasteiger partial charge in [0.1, 0.15) is 11.3 Å². The summed E-state index contributed by atoms with van der Waals surface area (Å²) in [6.45, 7) is 16.0. The monoisotopic (exact) mass is 410 g/mol. The molecule has 5 nitrogen and oxygen atoms in total. The van der Waals surface area contributed by atoms with Crippen LogP contribution in [0, 0.1) is 13.8 Å². The number of pyridine rings is 2. The number of H-pyrrole nitrogens is 1. The fourth-order valence-electron chi connectivity index (χ4n) is 3.00. The molecule has 0 radical (unpaired) electrons. The topological polar surface area (TPSA) is 66.7 Å². The molecule has 0 aliphatic rings. The van der Waals surface area contributed by atoms with Crippen molar-refractivity contribution in [1.29, 1.82) is 0 Å². The van der Waals surface area contributed by atoms with Gasteiger partial charge in [-0.1, -0.05) is 33.9 Å². The lowest BCUT2D eigenvalue weighted by Crippen LogP contribution is -2.45. The minimum absolute atomic E-state index is 0.325. The maximum atomic E-state index is 7.00. The largest absolute Gasteiger partial charge is 0.400 e. The molecular weight excluding hydrogens is 376 g/mol. The SMILES string of the molecule is CO.Cc1cnc2[nH]ccc2c1.Cc1cnc2c(ccn2[Si](C)(C)C(C)(C)C)c1. The molecule has 0 saturated carbocycles. The van der Waals surface area contributed by atoms with E-state index in [1.807, 2.05) is 31.6 Å². The molecule has 4 aromatic heterocycles. The van der Waals surface area contributed by atoms with Crippen molar-refractivity contribution in [3.05, 3.63) is 60.2 Å². The Bertz CT molecular complexity index is 1070. The summed E-state index contributed by atoms with van der Waals surface area (Å²) in [4.78, 5) is 11.8. The summed E-state index contributed by atoms with van der Waals surface area (Å²) in [5.74, 6) is 0. The van der Waals surface area contributed by atoms with Gasteiger partial charge in [0.05, 0.1) is 0 Å². The van der Waals surface area contributed by atoms with Crippen LogP contribution in [0.1, 0.15) is 31.9 Å². The van der Waals surface area contributed by atoms with E-state index in [1.54, 1.807) is 0 Å². The Labute approximate surface area is 174 Å². The van der Waals surface area contributed by atoms with Crippen molar-refractivity contribution < 1.29 is 5.11 Å². The van der Waals surface area contributed by atoms with Crippen LogP contribution < -0.4 is 0 Å². The van der Waals surface area contributed by atoms with Crippen molar-refractivity contribution in [3.8, 4) is 0 Å². The zero-order chi connectivity index (χ0) is 21.8.